The van der Waals surface area contributed by atoms with Crippen molar-refractivity contribution in [1.29, 1.82) is 0 Å². The Hall–Kier alpha value is -1.32. The number of nitrogens with zero attached hydrogens (tertiary/aromatic N) is 2. The summed E-state index contributed by atoms with van der Waals surface area (Å²) in [5.41, 5.74) is 4.81. The average Bonchev–Trinajstić information content (AvgIpc) is 3.05. The Kier molecular flexibility index (Phi) is 3.81. The van der Waals surface area contributed by atoms with Crippen LogP contribution < -0.4 is 0 Å². The summed E-state index contributed by atoms with van der Waals surface area (Å²) in [4.78, 5) is 4.78. The number of halogens is 1. The first-order valence-corrected chi connectivity index (χ1v) is 8.24. The van der Waals surface area contributed by atoms with Crippen molar-refractivity contribution >= 4 is 34.0 Å². The van der Waals surface area contributed by atoms with E-state index in [1.54, 1.807) is 11.3 Å². The fraction of sp³-hybridized carbons (Fsp3) is 0.312. The van der Waals surface area contributed by atoms with Gasteiger partial charge in [0.15, 0.2) is 0 Å². The number of alkyl halides is 1. The van der Waals surface area contributed by atoms with Gasteiger partial charge in [0.2, 0.25) is 0 Å². The van der Waals surface area contributed by atoms with E-state index in [2.05, 4.69) is 53.4 Å². The summed E-state index contributed by atoms with van der Waals surface area (Å²) in [6.07, 6.45) is 0.795. The Morgan fingerprint density at radius 1 is 1.35 bits per heavy atom. The smallest absolute Gasteiger partial charge is 0.111 e. The van der Waals surface area contributed by atoms with E-state index in [4.69, 9.17) is 16.6 Å². The molecule has 0 N–H and O–H groups in total. The average molecular weight is 305 g/mol. The van der Waals surface area contributed by atoms with Crippen LogP contribution in [0.2, 0.25) is 0 Å². The van der Waals surface area contributed by atoms with Crippen molar-refractivity contribution in [3.8, 4) is 0 Å². The first kappa shape index (κ1) is 13.7. The van der Waals surface area contributed by atoms with E-state index in [0.717, 1.165) is 17.8 Å². The minimum atomic E-state index is 0.284. The van der Waals surface area contributed by atoms with Crippen molar-refractivity contribution < 1.29 is 0 Å². The van der Waals surface area contributed by atoms with Crippen LogP contribution in [-0.2, 0) is 6.42 Å². The van der Waals surface area contributed by atoms with Crippen molar-refractivity contribution in [3.63, 3.8) is 0 Å². The molecule has 3 aromatic rings. The molecule has 0 amide bonds. The van der Waals surface area contributed by atoms with E-state index in [9.17, 15) is 0 Å². The Labute approximate surface area is 128 Å². The molecule has 1 unspecified atom stereocenters. The molecular weight excluding hydrogens is 288 g/mol. The van der Waals surface area contributed by atoms with Crippen LogP contribution in [0.15, 0.2) is 35.0 Å². The fourth-order valence-electron chi connectivity index (χ4n) is 2.61. The Balaban J connectivity index is 2.18. The van der Waals surface area contributed by atoms with Crippen LogP contribution in [0.5, 0.6) is 0 Å². The molecule has 0 saturated heterocycles. The predicted molar refractivity (Wildman–Crippen MR) is 87.0 cm³/mol. The lowest BCUT2D eigenvalue weighted by Crippen LogP contribution is -2.10. The first-order valence-electron chi connectivity index (χ1n) is 6.76. The highest BCUT2D eigenvalue weighted by molar-refractivity contribution is 7.07. The Morgan fingerprint density at radius 3 is 2.90 bits per heavy atom. The SMILES string of the molecule is Cc1ccc2c(c1)nc(CCCl)n2C(C)c1ccsc1. The van der Waals surface area contributed by atoms with E-state index in [0.29, 0.717) is 5.88 Å². The number of benzene rings is 1. The van der Waals surface area contributed by atoms with Gasteiger partial charge < -0.3 is 4.57 Å². The third-order valence-electron chi connectivity index (χ3n) is 3.65. The number of aryl methyl sites for hydroxylation is 2. The molecule has 0 aliphatic rings. The third-order valence-corrected chi connectivity index (χ3v) is 4.54. The molecule has 2 heterocycles. The Bertz CT molecular complexity index is 715. The zero-order chi connectivity index (χ0) is 14.1. The number of imidazole rings is 1. The van der Waals surface area contributed by atoms with Crippen molar-refractivity contribution in [3.05, 3.63) is 52.0 Å². The number of rotatable bonds is 4. The summed E-state index contributed by atoms with van der Waals surface area (Å²) < 4.78 is 2.32. The topological polar surface area (TPSA) is 17.8 Å². The normalized spacial score (nSPS) is 12.9. The molecule has 20 heavy (non-hydrogen) atoms. The summed E-state index contributed by atoms with van der Waals surface area (Å²) in [6, 6.07) is 8.92. The molecule has 1 atom stereocenters. The lowest BCUT2D eigenvalue weighted by Gasteiger charge is -2.16. The maximum atomic E-state index is 5.95. The number of aromatic nitrogens is 2. The van der Waals surface area contributed by atoms with Gasteiger partial charge in [0.1, 0.15) is 5.82 Å². The second-order valence-corrected chi connectivity index (χ2v) is 6.22. The van der Waals surface area contributed by atoms with Gasteiger partial charge in [0, 0.05) is 12.3 Å². The second kappa shape index (κ2) is 5.58. The van der Waals surface area contributed by atoms with Crippen molar-refractivity contribution in [2.45, 2.75) is 26.3 Å². The van der Waals surface area contributed by atoms with Gasteiger partial charge in [-0.1, -0.05) is 6.07 Å². The second-order valence-electron chi connectivity index (χ2n) is 5.06. The van der Waals surface area contributed by atoms with Crippen LogP contribution in [0.3, 0.4) is 0 Å². The fourth-order valence-corrected chi connectivity index (χ4v) is 3.53. The van der Waals surface area contributed by atoms with Crippen LogP contribution in [0.25, 0.3) is 11.0 Å². The number of hydrogen-bond acceptors (Lipinski definition) is 2. The van der Waals surface area contributed by atoms with E-state index in [-0.39, 0.29) is 6.04 Å². The lowest BCUT2D eigenvalue weighted by molar-refractivity contribution is 0.625. The van der Waals surface area contributed by atoms with Crippen molar-refractivity contribution in [2.75, 3.05) is 5.88 Å². The van der Waals surface area contributed by atoms with Crippen molar-refractivity contribution in [1.82, 2.24) is 9.55 Å². The number of hydrogen-bond donors (Lipinski definition) is 0. The van der Waals surface area contributed by atoms with Gasteiger partial charge in [-0.3, -0.25) is 0 Å². The number of thiophene rings is 1. The molecule has 0 fully saturated rings. The quantitative estimate of drug-likeness (QED) is 0.633. The molecule has 0 radical (unpaired) electrons. The molecule has 0 aliphatic carbocycles. The van der Waals surface area contributed by atoms with E-state index in [1.807, 2.05) is 0 Å². The summed E-state index contributed by atoms with van der Waals surface area (Å²) in [5, 5.41) is 4.32. The van der Waals surface area contributed by atoms with Gasteiger partial charge in [-0.15, -0.1) is 11.6 Å². The van der Waals surface area contributed by atoms with Crippen LogP contribution in [0, 0.1) is 6.92 Å². The molecule has 0 saturated carbocycles. The maximum Gasteiger partial charge on any atom is 0.111 e. The molecule has 4 heteroatoms. The first-order chi connectivity index (χ1) is 9.70. The van der Waals surface area contributed by atoms with Crippen LogP contribution in [-0.4, -0.2) is 15.4 Å². The van der Waals surface area contributed by atoms with Gasteiger partial charge in [-0.25, -0.2) is 4.98 Å². The minimum Gasteiger partial charge on any atom is -0.321 e. The van der Waals surface area contributed by atoms with Gasteiger partial charge in [-0.05, 0) is 53.9 Å². The molecule has 0 spiro atoms. The molecule has 0 bridgehead atoms. The molecular formula is C16H17ClN2S. The van der Waals surface area contributed by atoms with E-state index < -0.39 is 0 Å². The molecule has 0 aliphatic heterocycles. The minimum absolute atomic E-state index is 0.284. The highest BCUT2D eigenvalue weighted by Crippen LogP contribution is 2.28. The van der Waals surface area contributed by atoms with Gasteiger partial charge in [0.25, 0.3) is 0 Å². The van der Waals surface area contributed by atoms with Crippen LogP contribution >= 0.6 is 22.9 Å². The maximum absolute atomic E-state index is 5.95. The summed E-state index contributed by atoms with van der Waals surface area (Å²) in [7, 11) is 0. The zero-order valence-electron chi connectivity index (χ0n) is 11.6. The summed E-state index contributed by atoms with van der Waals surface area (Å²) in [5.74, 6) is 1.66. The third kappa shape index (κ3) is 2.36. The number of fused-ring (bicyclic) bond motifs is 1. The largest absolute Gasteiger partial charge is 0.321 e. The monoisotopic (exact) mass is 304 g/mol. The molecule has 104 valence electrons. The lowest BCUT2D eigenvalue weighted by atomic mass is 10.1. The van der Waals surface area contributed by atoms with Gasteiger partial charge in [-0.2, -0.15) is 11.3 Å². The Morgan fingerprint density at radius 2 is 2.20 bits per heavy atom. The van der Waals surface area contributed by atoms with Crippen LogP contribution in [0.1, 0.15) is 29.9 Å². The van der Waals surface area contributed by atoms with Crippen LogP contribution in [0.4, 0.5) is 0 Å². The predicted octanol–water partition coefficient (Wildman–Crippen LogP) is 4.80. The van der Waals surface area contributed by atoms with Gasteiger partial charge in [0.05, 0.1) is 17.1 Å². The highest BCUT2D eigenvalue weighted by Gasteiger charge is 2.17. The summed E-state index contributed by atoms with van der Waals surface area (Å²) in [6.45, 7) is 4.32. The molecule has 1 aromatic carbocycles. The highest BCUT2D eigenvalue weighted by atomic mass is 35.5. The zero-order valence-corrected chi connectivity index (χ0v) is 13.2. The van der Waals surface area contributed by atoms with E-state index in [1.165, 1.54) is 16.6 Å². The van der Waals surface area contributed by atoms with Crippen molar-refractivity contribution in [2.24, 2.45) is 0 Å². The summed E-state index contributed by atoms with van der Waals surface area (Å²) >= 11 is 7.68. The standard InChI is InChI=1S/C16H17ClN2S/c1-11-3-4-15-14(9-11)18-16(5-7-17)19(15)12(2)13-6-8-20-10-13/h3-4,6,8-10,12H,5,7H2,1-2H3. The van der Waals surface area contributed by atoms with Gasteiger partial charge >= 0.3 is 0 Å². The molecule has 2 aromatic heterocycles. The molecule has 3 rings (SSSR count). The molecule has 2 nitrogen and oxygen atoms in total. The van der Waals surface area contributed by atoms with E-state index >= 15 is 0 Å².